The van der Waals surface area contributed by atoms with E-state index in [0.29, 0.717) is 6.54 Å². The largest absolute Gasteiger partial charge is 0.496 e. The van der Waals surface area contributed by atoms with Gasteiger partial charge in [-0.2, -0.15) is 5.10 Å². The molecule has 0 radical (unpaired) electrons. The summed E-state index contributed by atoms with van der Waals surface area (Å²) in [6.07, 6.45) is 3.55. The molecular formula is C16H22N4O2. The second kappa shape index (κ2) is 7.09. The van der Waals surface area contributed by atoms with Crippen LogP contribution in [-0.4, -0.2) is 41.8 Å². The van der Waals surface area contributed by atoms with Gasteiger partial charge in [0, 0.05) is 38.0 Å². The first-order chi connectivity index (χ1) is 10.6. The number of methoxy groups -OCH3 is 1. The molecule has 0 saturated carbocycles. The molecule has 1 atom stereocenters. The topological polar surface area (TPSA) is 59.4 Å². The molecule has 0 bridgehead atoms. The van der Waals surface area contributed by atoms with E-state index in [9.17, 15) is 4.79 Å². The van der Waals surface area contributed by atoms with E-state index in [1.807, 2.05) is 37.5 Å². The van der Waals surface area contributed by atoms with Crippen molar-refractivity contribution in [3.05, 3.63) is 47.8 Å². The Labute approximate surface area is 130 Å². The number of nitrogens with zero attached hydrogens (tertiary/aromatic N) is 3. The van der Waals surface area contributed by atoms with Crippen molar-refractivity contribution in [3.63, 3.8) is 0 Å². The van der Waals surface area contributed by atoms with Crippen molar-refractivity contribution in [2.24, 2.45) is 7.05 Å². The number of aromatic nitrogens is 2. The lowest BCUT2D eigenvalue weighted by atomic mass is 10.1. The fourth-order valence-corrected chi connectivity index (χ4v) is 2.41. The summed E-state index contributed by atoms with van der Waals surface area (Å²) in [4.78, 5) is 14.4. The molecule has 0 spiro atoms. The minimum absolute atomic E-state index is 0.0126. The Kier molecular flexibility index (Phi) is 5.16. The van der Waals surface area contributed by atoms with Crippen molar-refractivity contribution < 1.29 is 9.53 Å². The number of carbonyl (C=O) groups excluding carboxylic acids is 1. The summed E-state index contributed by atoms with van der Waals surface area (Å²) >= 11 is 0. The molecule has 1 amide bonds. The number of ether oxygens (including phenoxy) is 1. The maximum atomic E-state index is 12.7. The number of para-hydroxylation sites is 1. The molecule has 1 heterocycles. The van der Waals surface area contributed by atoms with Crippen LogP contribution in [0.15, 0.2) is 36.7 Å². The molecule has 1 aromatic heterocycles. The zero-order valence-corrected chi connectivity index (χ0v) is 13.4. The maximum absolute atomic E-state index is 12.7. The smallest absolute Gasteiger partial charge is 0.244 e. The van der Waals surface area contributed by atoms with E-state index in [-0.39, 0.29) is 5.91 Å². The number of carbonyl (C=O) groups is 1. The van der Waals surface area contributed by atoms with Crippen molar-refractivity contribution in [1.29, 1.82) is 0 Å². The van der Waals surface area contributed by atoms with Gasteiger partial charge >= 0.3 is 0 Å². The van der Waals surface area contributed by atoms with E-state index in [1.54, 1.807) is 37.0 Å². The Morgan fingerprint density at radius 1 is 1.45 bits per heavy atom. The van der Waals surface area contributed by atoms with Crippen LogP contribution in [0.4, 0.5) is 0 Å². The van der Waals surface area contributed by atoms with Gasteiger partial charge in [-0.05, 0) is 13.1 Å². The number of hydrogen-bond donors (Lipinski definition) is 1. The summed E-state index contributed by atoms with van der Waals surface area (Å²) in [6.45, 7) is 0.487. The Morgan fingerprint density at radius 3 is 2.77 bits per heavy atom. The SMILES string of the molecule is CNC(C(=O)N(C)Cc1ccccc1OC)c1cnn(C)c1. The van der Waals surface area contributed by atoms with Gasteiger partial charge in [-0.25, -0.2) is 0 Å². The van der Waals surface area contributed by atoms with Crippen LogP contribution in [0.25, 0.3) is 0 Å². The zero-order chi connectivity index (χ0) is 16.1. The highest BCUT2D eigenvalue weighted by molar-refractivity contribution is 5.83. The number of benzene rings is 1. The van der Waals surface area contributed by atoms with Crippen LogP contribution in [-0.2, 0) is 18.4 Å². The lowest BCUT2D eigenvalue weighted by Crippen LogP contribution is -2.37. The molecule has 22 heavy (non-hydrogen) atoms. The maximum Gasteiger partial charge on any atom is 0.244 e. The molecule has 1 N–H and O–H groups in total. The molecule has 6 nitrogen and oxygen atoms in total. The monoisotopic (exact) mass is 302 g/mol. The first kappa shape index (κ1) is 16.0. The second-order valence-electron chi connectivity index (χ2n) is 5.18. The summed E-state index contributed by atoms with van der Waals surface area (Å²) < 4.78 is 7.02. The molecule has 0 fully saturated rings. The summed E-state index contributed by atoms with van der Waals surface area (Å²) in [5.41, 5.74) is 1.82. The van der Waals surface area contributed by atoms with Crippen molar-refractivity contribution in [2.75, 3.05) is 21.2 Å². The highest BCUT2D eigenvalue weighted by atomic mass is 16.5. The summed E-state index contributed by atoms with van der Waals surface area (Å²) in [5, 5.41) is 7.18. The Balaban J connectivity index is 2.13. The van der Waals surface area contributed by atoms with Gasteiger partial charge in [-0.1, -0.05) is 18.2 Å². The molecule has 1 unspecified atom stereocenters. The average Bonchev–Trinajstić information content (AvgIpc) is 2.94. The minimum Gasteiger partial charge on any atom is -0.496 e. The lowest BCUT2D eigenvalue weighted by molar-refractivity contribution is -0.132. The number of amides is 1. The number of rotatable bonds is 6. The fraction of sp³-hybridized carbons (Fsp3) is 0.375. The van der Waals surface area contributed by atoms with Crippen LogP contribution in [0.1, 0.15) is 17.2 Å². The fourth-order valence-electron chi connectivity index (χ4n) is 2.41. The third kappa shape index (κ3) is 3.46. The van der Waals surface area contributed by atoms with Crippen LogP contribution >= 0.6 is 0 Å². The van der Waals surface area contributed by atoms with Crippen LogP contribution in [0.3, 0.4) is 0 Å². The van der Waals surface area contributed by atoms with Crippen molar-refractivity contribution in [3.8, 4) is 5.75 Å². The third-order valence-corrected chi connectivity index (χ3v) is 3.57. The summed E-state index contributed by atoms with van der Waals surface area (Å²) in [5.74, 6) is 0.769. The predicted octanol–water partition coefficient (Wildman–Crippen LogP) is 1.35. The van der Waals surface area contributed by atoms with Gasteiger partial charge < -0.3 is 15.0 Å². The van der Waals surface area contributed by atoms with Crippen LogP contribution in [0, 0.1) is 0 Å². The standard InChI is InChI=1S/C16H22N4O2/c1-17-15(13-9-18-20(3)11-13)16(21)19(2)10-12-7-5-6-8-14(12)22-4/h5-9,11,15,17H,10H2,1-4H3. The lowest BCUT2D eigenvalue weighted by Gasteiger charge is -2.23. The average molecular weight is 302 g/mol. The number of likely N-dealkylation sites (N-methyl/N-ethyl adjacent to an activating group) is 2. The van der Waals surface area contributed by atoms with E-state index in [2.05, 4.69) is 10.4 Å². The second-order valence-corrected chi connectivity index (χ2v) is 5.18. The van der Waals surface area contributed by atoms with E-state index in [4.69, 9.17) is 4.74 Å². The highest BCUT2D eigenvalue weighted by Crippen LogP contribution is 2.21. The number of nitrogens with one attached hydrogen (secondary N) is 1. The molecule has 2 rings (SSSR count). The van der Waals surface area contributed by atoms with Crippen molar-refractivity contribution >= 4 is 5.91 Å². The summed E-state index contributed by atoms with van der Waals surface area (Å²) in [6, 6.07) is 7.29. The van der Waals surface area contributed by atoms with Gasteiger partial charge in [0.25, 0.3) is 0 Å². The Bertz CT molecular complexity index is 639. The molecule has 0 aliphatic rings. The Hall–Kier alpha value is -2.34. The molecule has 0 aliphatic carbocycles. The van der Waals surface area contributed by atoms with Crippen molar-refractivity contribution in [2.45, 2.75) is 12.6 Å². The molecule has 2 aromatic rings. The molecule has 0 aliphatic heterocycles. The predicted molar refractivity (Wildman–Crippen MR) is 84.5 cm³/mol. The quantitative estimate of drug-likeness (QED) is 0.875. The van der Waals surface area contributed by atoms with Gasteiger partial charge in [0.05, 0.1) is 13.3 Å². The first-order valence-corrected chi connectivity index (χ1v) is 7.09. The highest BCUT2D eigenvalue weighted by Gasteiger charge is 2.24. The summed E-state index contributed by atoms with van der Waals surface area (Å²) in [7, 11) is 7.02. The normalized spacial score (nSPS) is 12.0. The molecule has 1 aromatic carbocycles. The molecule has 118 valence electrons. The zero-order valence-electron chi connectivity index (χ0n) is 13.4. The van der Waals surface area contributed by atoms with E-state index >= 15 is 0 Å². The third-order valence-electron chi connectivity index (χ3n) is 3.57. The Morgan fingerprint density at radius 2 is 2.18 bits per heavy atom. The van der Waals surface area contributed by atoms with Crippen LogP contribution in [0.5, 0.6) is 5.75 Å². The van der Waals surface area contributed by atoms with E-state index < -0.39 is 6.04 Å². The van der Waals surface area contributed by atoms with Crippen molar-refractivity contribution in [1.82, 2.24) is 20.0 Å². The number of hydrogen-bond acceptors (Lipinski definition) is 4. The van der Waals surface area contributed by atoms with Gasteiger partial charge in [-0.15, -0.1) is 0 Å². The molecular weight excluding hydrogens is 280 g/mol. The van der Waals surface area contributed by atoms with Gasteiger partial charge in [0.2, 0.25) is 5.91 Å². The van der Waals surface area contributed by atoms with Gasteiger partial charge in [-0.3, -0.25) is 9.48 Å². The van der Waals surface area contributed by atoms with Gasteiger partial charge in [0.15, 0.2) is 0 Å². The molecule has 6 heteroatoms. The number of aryl methyl sites for hydroxylation is 1. The first-order valence-electron chi connectivity index (χ1n) is 7.09. The van der Waals surface area contributed by atoms with Crippen LogP contribution < -0.4 is 10.1 Å². The minimum atomic E-state index is -0.409. The van der Waals surface area contributed by atoms with Gasteiger partial charge in [0.1, 0.15) is 11.8 Å². The van der Waals surface area contributed by atoms with E-state index in [0.717, 1.165) is 16.9 Å². The molecule has 0 saturated heterocycles. The van der Waals surface area contributed by atoms with Crippen LogP contribution in [0.2, 0.25) is 0 Å². The van der Waals surface area contributed by atoms with E-state index in [1.165, 1.54) is 0 Å².